The SMILES string of the molecule is COC(=O)c1cc2[nH]c(O)c(C(=Nc3ccc(C(=O)NOCCN4CCC(OC)CC4)cc3)c3ccccc3)c2cc1C. The Morgan fingerprint density at radius 1 is 1.02 bits per heavy atom. The summed E-state index contributed by atoms with van der Waals surface area (Å²) in [6, 6.07) is 19.9. The van der Waals surface area contributed by atoms with E-state index in [4.69, 9.17) is 19.3 Å². The first-order chi connectivity index (χ1) is 20.9. The fourth-order valence-electron chi connectivity index (χ4n) is 5.30. The first-order valence-corrected chi connectivity index (χ1v) is 14.2. The molecule has 0 radical (unpaired) electrons. The Labute approximate surface area is 250 Å². The standard InChI is InChI=1S/C33H36N4O6/c1-21-19-27-28(20-26(21)33(40)42-3)35-32(39)29(27)30(22-7-5-4-6-8-22)34-24-11-9-23(10-12-24)31(38)36-43-18-17-37-15-13-25(41-2)14-16-37/h4-12,19-20,25,35,39H,13-18H2,1-3H3,(H,36,38). The topological polar surface area (TPSA) is 125 Å². The average molecular weight is 585 g/mol. The zero-order valence-electron chi connectivity index (χ0n) is 24.6. The second-order valence-electron chi connectivity index (χ2n) is 10.5. The Bertz CT molecular complexity index is 1610. The van der Waals surface area contributed by atoms with Crippen LogP contribution in [0.3, 0.4) is 0 Å². The van der Waals surface area contributed by atoms with Crippen LogP contribution in [0, 0.1) is 6.92 Å². The summed E-state index contributed by atoms with van der Waals surface area (Å²) in [6.45, 7) is 4.84. The number of H-pyrrole nitrogens is 1. The number of hydrogen-bond acceptors (Lipinski definition) is 8. The van der Waals surface area contributed by atoms with E-state index in [1.165, 1.54) is 7.11 Å². The number of likely N-dealkylation sites (tertiary alicyclic amines) is 1. The van der Waals surface area contributed by atoms with Crippen molar-refractivity contribution in [2.24, 2.45) is 4.99 Å². The van der Waals surface area contributed by atoms with Crippen LogP contribution in [0.5, 0.6) is 5.88 Å². The molecule has 0 atom stereocenters. The van der Waals surface area contributed by atoms with Gasteiger partial charge in [-0.25, -0.2) is 15.3 Å². The van der Waals surface area contributed by atoms with Crippen LogP contribution in [-0.2, 0) is 14.3 Å². The van der Waals surface area contributed by atoms with Crippen LogP contribution in [-0.4, -0.2) is 79.1 Å². The van der Waals surface area contributed by atoms with Crippen LogP contribution >= 0.6 is 0 Å². The maximum Gasteiger partial charge on any atom is 0.338 e. The number of carbonyl (C=O) groups excluding carboxylic acids is 2. The molecule has 1 amide bonds. The Morgan fingerprint density at radius 2 is 1.74 bits per heavy atom. The minimum absolute atomic E-state index is 0.0739. The van der Waals surface area contributed by atoms with Gasteiger partial charge in [-0.1, -0.05) is 30.3 Å². The third kappa shape index (κ3) is 6.94. The van der Waals surface area contributed by atoms with E-state index in [0.717, 1.165) is 38.0 Å². The summed E-state index contributed by atoms with van der Waals surface area (Å²) in [4.78, 5) is 40.5. The van der Waals surface area contributed by atoms with Crippen LogP contribution in [0.2, 0.25) is 0 Å². The summed E-state index contributed by atoms with van der Waals surface area (Å²) in [5.74, 6) is -0.873. The molecule has 43 heavy (non-hydrogen) atoms. The lowest BCUT2D eigenvalue weighted by molar-refractivity contribution is 0.00586. The highest BCUT2D eigenvalue weighted by atomic mass is 16.7. The summed E-state index contributed by atoms with van der Waals surface area (Å²) in [7, 11) is 3.08. The lowest BCUT2D eigenvalue weighted by Gasteiger charge is -2.30. The molecule has 1 saturated heterocycles. The van der Waals surface area contributed by atoms with Crippen LogP contribution in [0.1, 0.15) is 50.2 Å². The smallest absolute Gasteiger partial charge is 0.338 e. The van der Waals surface area contributed by atoms with Crippen molar-refractivity contribution in [3.8, 4) is 5.88 Å². The number of aromatic amines is 1. The molecule has 1 aliphatic rings. The number of benzene rings is 3. The zero-order valence-corrected chi connectivity index (χ0v) is 24.6. The van der Waals surface area contributed by atoms with Gasteiger partial charge in [0.1, 0.15) is 0 Å². The number of amides is 1. The van der Waals surface area contributed by atoms with Crippen molar-refractivity contribution in [2.75, 3.05) is 40.5 Å². The number of nitrogens with one attached hydrogen (secondary N) is 2. The molecule has 10 heteroatoms. The number of fused-ring (bicyclic) bond motifs is 1. The first-order valence-electron chi connectivity index (χ1n) is 14.2. The zero-order chi connectivity index (χ0) is 30.3. The van der Waals surface area contributed by atoms with E-state index in [0.29, 0.717) is 57.3 Å². The molecule has 1 aromatic heterocycles. The number of carbonyl (C=O) groups is 2. The molecule has 0 spiro atoms. The van der Waals surface area contributed by atoms with E-state index in [2.05, 4.69) is 15.4 Å². The number of hydroxylamine groups is 1. The summed E-state index contributed by atoms with van der Waals surface area (Å²) in [6.07, 6.45) is 2.32. The summed E-state index contributed by atoms with van der Waals surface area (Å²) in [5.41, 5.74) is 7.06. The van der Waals surface area contributed by atoms with Gasteiger partial charge in [0, 0.05) is 48.8 Å². The Morgan fingerprint density at radius 3 is 2.42 bits per heavy atom. The summed E-state index contributed by atoms with van der Waals surface area (Å²) >= 11 is 0. The van der Waals surface area contributed by atoms with E-state index in [1.807, 2.05) is 43.3 Å². The maximum atomic E-state index is 12.7. The molecular formula is C33H36N4O6. The van der Waals surface area contributed by atoms with Gasteiger partial charge in [-0.15, -0.1) is 0 Å². The molecule has 10 nitrogen and oxygen atoms in total. The van der Waals surface area contributed by atoms with Gasteiger partial charge in [0.25, 0.3) is 5.91 Å². The Balaban J connectivity index is 1.33. The highest BCUT2D eigenvalue weighted by Crippen LogP contribution is 2.33. The van der Waals surface area contributed by atoms with Crippen molar-refractivity contribution in [2.45, 2.75) is 25.9 Å². The second kappa shape index (κ2) is 13.6. The quantitative estimate of drug-likeness (QED) is 0.105. The number of aryl methyl sites for hydroxylation is 1. The molecule has 2 heterocycles. The number of aliphatic imine (C=N–C) groups is 1. The molecule has 1 fully saturated rings. The molecule has 224 valence electrons. The first kappa shape index (κ1) is 30.0. The number of methoxy groups -OCH3 is 2. The number of hydrogen-bond donors (Lipinski definition) is 3. The van der Waals surface area contributed by atoms with E-state index in [9.17, 15) is 14.7 Å². The number of rotatable bonds is 10. The number of piperidine rings is 1. The van der Waals surface area contributed by atoms with Crippen molar-refractivity contribution in [3.63, 3.8) is 0 Å². The van der Waals surface area contributed by atoms with Gasteiger partial charge < -0.3 is 24.5 Å². The van der Waals surface area contributed by atoms with Gasteiger partial charge >= 0.3 is 5.97 Å². The van der Waals surface area contributed by atoms with Crippen molar-refractivity contribution >= 4 is 34.2 Å². The predicted molar refractivity (Wildman–Crippen MR) is 164 cm³/mol. The number of aromatic hydroxyl groups is 1. The molecular weight excluding hydrogens is 548 g/mol. The maximum absolute atomic E-state index is 12.7. The predicted octanol–water partition coefficient (Wildman–Crippen LogP) is 4.91. The molecule has 0 saturated carbocycles. The van der Waals surface area contributed by atoms with Crippen molar-refractivity contribution in [3.05, 3.63) is 94.5 Å². The number of nitrogens with zero attached hydrogens (tertiary/aromatic N) is 2. The fourth-order valence-corrected chi connectivity index (χ4v) is 5.30. The molecule has 3 aromatic carbocycles. The third-order valence-corrected chi connectivity index (χ3v) is 7.73. The molecule has 3 N–H and O–H groups in total. The van der Waals surface area contributed by atoms with E-state index in [-0.39, 0.29) is 11.8 Å². The molecule has 0 aliphatic carbocycles. The van der Waals surface area contributed by atoms with Crippen LogP contribution < -0.4 is 5.48 Å². The van der Waals surface area contributed by atoms with Crippen LogP contribution in [0.25, 0.3) is 10.9 Å². The van der Waals surface area contributed by atoms with E-state index >= 15 is 0 Å². The van der Waals surface area contributed by atoms with E-state index < -0.39 is 5.97 Å². The van der Waals surface area contributed by atoms with Crippen molar-refractivity contribution in [1.82, 2.24) is 15.4 Å². The highest BCUT2D eigenvalue weighted by Gasteiger charge is 2.22. The fraction of sp³-hybridized carbons (Fsp3) is 0.303. The lowest BCUT2D eigenvalue weighted by Crippen LogP contribution is -2.39. The van der Waals surface area contributed by atoms with E-state index in [1.54, 1.807) is 37.4 Å². The van der Waals surface area contributed by atoms with Gasteiger partial charge in [0.2, 0.25) is 0 Å². The number of esters is 1. The normalized spacial score (nSPS) is 14.6. The summed E-state index contributed by atoms with van der Waals surface area (Å²) < 4.78 is 10.3. The minimum Gasteiger partial charge on any atom is -0.494 e. The lowest BCUT2D eigenvalue weighted by atomic mass is 9.98. The third-order valence-electron chi connectivity index (χ3n) is 7.73. The number of ether oxygens (including phenoxy) is 2. The highest BCUT2D eigenvalue weighted by molar-refractivity contribution is 6.22. The molecule has 4 aromatic rings. The molecule has 0 bridgehead atoms. The largest absolute Gasteiger partial charge is 0.494 e. The minimum atomic E-state index is -0.454. The van der Waals surface area contributed by atoms with Crippen molar-refractivity contribution < 1.29 is 29.0 Å². The molecule has 5 rings (SSSR count). The van der Waals surface area contributed by atoms with Gasteiger partial charge in [0.15, 0.2) is 5.88 Å². The molecule has 0 unspecified atom stereocenters. The summed E-state index contributed by atoms with van der Waals surface area (Å²) in [5, 5.41) is 11.7. The number of aromatic nitrogens is 1. The average Bonchev–Trinajstić information content (AvgIpc) is 3.36. The van der Waals surface area contributed by atoms with Gasteiger partial charge in [-0.3, -0.25) is 9.63 Å². The second-order valence-corrected chi connectivity index (χ2v) is 10.5. The van der Waals surface area contributed by atoms with Crippen LogP contribution in [0.4, 0.5) is 5.69 Å². The monoisotopic (exact) mass is 584 g/mol. The van der Waals surface area contributed by atoms with Crippen molar-refractivity contribution in [1.29, 1.82) is 0 Å². The van der Waals surface area contributed by atoms with Gasteiger partial charge in [-0.2, -0.15) is 0 Å². The Hall–Kier alpha value is -4.51. The molecule has 1 aliphatic heterocycles. The van der Waals surface area contributed by atoms with Gasteiger partial charge in [0.05, 0.1) is 42.3 Å². The Kier molecular flexibility index (Phi) is 9.51. The van der Waals surface area contributed by atoms with Gasteiger partial charge in [-0.05, 0) is 61.7 Å². The van der Waals surface area contributed by atoms with Crippen LogP contribution in [0.15, 0.2) is 71.7 Å².